The van der Waals surface area contributed by atoms with Gasteiger partial charge in [-0.25, -0.2) is 13.1 Å². The number of nitrogens with zero attached hydrogens (tertiary/aromatic N) is 3. The second kappa shape index (κ2) is 7.78. The van der Waals surface area contributed by atoms with E-state index < -0.39 is 10.0 Å². The van der Waals surface area contributed by atoms with E-state index in [1.807, 2.05) is 6.20 Å². The number of carbonyl (C=O) groups excluding carboxylic acids is 1. The summed E-state index contributed by atoms with van der Waals surface area (Å²) in [5.74, 6) is -0.160. The van der Waals surface area contributed by atoms with Gasteiger partial charge in [-0.3, -0.25) is 9.48 Å². The topological polar surface area (TPSA) is 84.3 Å². The van der Waals surface area contributed by atoms with Gasteiger partial charge in [0.1, 0.15) is 0 Å². The van der Waals surface area contributed by atoms with E-state index >= 15 is 0 Å². The van der Waals surface area contributed by atoms with Crippen LogP contribution in [0.3, 0.4) is 0 Å². The number of nitrogens with one attached hydrogen (secondary N) is 1. The Morgan fingerprint density at radius 1 is 1.42 bits per heavy atom. The number of benzene rings is 1. The van der Waals surface area contributed by atoms with Gasteiger partial charge in [0.2, 0.25) is 15.9 Å². The Bertz CT molecular complexity index is 820. The monoisotopic (exact) mass is 370 g/mol. The Labute approximate surface area is 146 Å². The van der Waals surface area contributed by atoms with Crippen LogP contribution in [0.2, 0.25) is 5.02 Å². The van der Waals surface area contributed by atoms with Crippen LogP contribution in [-0.2, 0) is 28.4 Å². The highest BCUT2D eigenvalue weighted by Crippen LogP contribution is 2.15. The Morgan fingerprint density at radius 2 is 2.17 bits per heavy atom. The zero-order valence-corrected chi connectivity index (χ0v) is 15.0. The lowest BCUT2D eigenvalue weighted by Gasteiger charge is -2.16. The molecule has 0 saturated heterocycles. The zero-order valence-electron chi connectivity index (χ0n) is 13.4. The molecule has 0 fully saturated rings. The van der Waals surface area contributed by atoms with Gasteiger partial charge in [-0.2, -0.15) is 5.10 Å². The highest BCUT2D eigenvalue weighted by molar-refractivity contribution is 7.89. The number of aromatic nitrogens is 2. The molecule has 0 radical (unpaired) electrons. The van der Waals surface area contributed by atoms with Crippen LogP contribution in [0.1, 0.15) is 12.0 Å². The average molecular weight is 371 g/mol. The summed E-state index contributed by atoms with van der Waals surface area (Å²) >= 11 is 5.80. The molecule has 0 atom stereocenters. The maximum Gasteiger partial charge on any atom is 0.240 e. The molecule has 24 heavy (non-hydrogen) atoms. The molecule has 2 aromatic rings. The summed E-state index contributed by atoms with van der Waals surface area (Å²) in [5, 5.41) is 4.38. The minimum atomic E-state index is -3.68. The molecule has 0 unspecified atom stereocenters. The van der Waals surface area contributed by atoms with Crippen molar-refractivity contribution in [2.45, 2.75) is 17.9 Å². The number of sulfonamides is 1. The van der Waals surface area contributed by atoms with Crippen molar-refractivity contribution < 1.29 is 13.2 Å². The Morgan fingerprint density at radius 3 is 2.79 bits per heavy atom. The van der Waals surface area contributed by atoms with E-state index in [2.05, 4.69) is 9.82 Å². The smallest absolute Gasteiger partial charge is 0.240 e. The van der Waals surface area contributed by atoms with Gasteiger partial charge >= 0.3 is 0 Å². The summed E-state index contributed by atoms with van der Waals surface area (Å²) in [6, 6.07) is 5.96. The first-order chi connectivity index (χ1) is 11.3. The lowest BCUT2D eigenvalue weighted by molar-refractivity contribution is -0.130. The Balaban J connectivity index is 1.85. The molecule has 130 valence electrons. The van der Waals surface area contributed by atoms with Gasteiger partial charge in [-0.15, -0.1) is 0 Å². The van der Waals surface area contributed by atoms with Crippen molar-refractivity contribution in [3.8, 4) is 0 Å². The molecular weight excluding hydrogens is 352 g/mol. The van der Waals surface area contributed by atoms with Gasteiger partial charge in [-0.1, -0.05) is 17.7 Å². The first kappa shape index (κ1) is 18.4. The SMILES string of the molecule is CN(Cc1cnn(C)c1)C(=O)CCNS(=O)(=O)c1cccc(Cl)c1. The highest BCUT2D eigenvalue weighted by atomic mass is 35.5. The molecule has 0 bridgehead atoms. The standard InChI is InChI=1S/C15H19ClN4O3S/c1-19(10-12-9-17-20(2)11-12)15(21)6-7-18-24(22,23)14-5-3-4-13(16)8-14/h3-5,8-9,11,18H,6-7,10H2,1-2H3. The number of amides is 1. The van der Waals surface area contributed by atoms with Crippen molar-refractivity contribution in [3.05, 3.63) is 47.2 Å². The molecule has 0 aliphatic carbocycles. The van der Waals surface area contributed by atoms with Gasteiger partial charge < -0.3 is 4.90 Å². The predicted molar refractivity (Wildman–Crippen MR) is 90.9 cm³/mol. The van der Waals surface area contributed by atoms with Crippen LogP contribution in [0.5, 0.6) is 0 Å². The number of carbonyl (C=O) groups is 1. The molecule has 0 aliphatic heterocycles. The van der Waals surface area contributed by atoms with Crippen LogP contribution in [0.15, 0.2) is 41.6 Å². The minimum absolute atomic E-state index is 0.0189. The fourth-order valence-electron chi connectivity index (χ4n) is 2.12. The summed E-state index contributed by atoms with van der Waals surface area (Å²) in [7, 11) is -0.209. The molecule has 1 N–H and O–H groups in total. The third-order valence-corrected chi connectivity index (χ3v) is 5.03. The third-order valence-electron chi connectivity index (χ3n) is 3.34. The second-order valence-electron chi connectivity index (χ2n) is 5.38. The Kier molecular flexibility index (Phi) is 5.98. The maximum absolute atomic E-state index is 12.1. The number of hydrogen-bond donors (Lipinski definition) is 1. The van der Waals surface area contributed by atoms with E-state index in [0.717, 1.165) is 5.56 Å². The molecule has 1 aromatic heterocycles. The molecular formula is C15H19ClN4O3S. The fraction of sp³-hybridized carbons (Fsp3) is 0.333. The molecule has 9 heteroatoms. The van der Waals surface area contributed by atoms with Crippen LogP contribution >= 0.6 is 11.6 Å². The number of halogens is 1. The molecule has 2 rings (SSSR count). The van der Waals surface area contributed by atoms with Crippen molar-refractivity contribution in [1.82, 2.24) is 19.4 Å². The van der Waals surface area contributed by atoms with Gasteiger partial charge in [0.05, 0.1) is 11.1 Å². The van der Waals surface area contributed by atoms with Crippen LogP contribution in [0, 0.1) is 0 Å². The molecule has 1 aromatic carbocycles. The second-order valence-corrected chi connectivity index (χ2v) is 7.58. The van der Waals surface area contributed by atoms with Crippen molar-refractivity contribution in [2.24, 2.45) is 7.05 Å². The Hall–Kier alpha value is -1.90. The number of aryl methyl sites for hydroxylation is 1. The van der Waals surface area contributed by atoms with Crippen molar-refractivity contribution in [1.29, 1.82) is 0 Å². The normalized spacial score (nSPS) is 11.5. The molecule has 0 spiro atoms. The lowest BCUT2D eigenvalue weighted by Crippen LogP contribution is -2.31. The quantitative estimate of drug-likeness (QED) is 0.798. The van der Waals surface area contributed by atoms with Crippen LogP contribution in [0.4, 0.5) is 0 Å². The third kappa shape index (κ3) is 5.05. The minimum Gasteiger partial charge on any atom is -0.341 e. The van der Waals surface area contributed by atoms with Crippen molar-refractivity contribution in [2.75, 3.05) is 13.6 Å². The van der Waals surface area contributed by atoms with E-state index in [9.17, 15) is 13.2 Å². The van der Waals surface area contributed by atoms with Crippen molar-refractivity contribution in [3.63, 3.8) is 0 Å². The van der Waals surface area contributed by atoms with Gasteiger partial charge in [-0.05, 0) is 18.2 Å². The van der Waals surface area contributed by atoms with E-state index in [-0.39, 0.29) is 23.8 Å². The fourth-order valence-corrected chi connectivity index (χ4v) is 3.45. The van der Waals surface area contributed by atoms with Crippen LogP contribution in [0.25, 0.3) is 0 Å². The van der Waals surface area contributed by atoms with Crippen LogP contribution < -0.4 is 4.72 Å². The average Bonchev–Trinajstić information content (AvgIpc) is 2.92. The molecule has 7 nitrogen and oxygen atoms in total. The summed E-state index contributed by atoms with van der Waals surface area (Å²) in [6.45, 7) is 0.443. The van der Waals surface area contributed by atoms with E-state index in [4.69, 9.17) is 11.6 Å². The van der Waals surface area contributed by atoms with Crippen molar-refractivity contribution >= 4 is 27.5 Å². The first-order valence-electron chi connectivity index (χ1n) is 7.24. The van der Waals surface area contributed by atoms with Gasteiger partial charge in [0, 0.05) is 50.4 Å². The van der Waals surface area contributed by atoms with E-state index in [1.54, 1.807) is 37.1 Å². The van der Waals surface area contributed by atoms with Crippen LogP contribution in [-0.4, -0.2) is 42.6 Å². The molecule has 0 aliphatic rings. The van der Waals surface area contributed by atoms with Gasteiger partial charge in [0.15, 0.2) is 0 Å². The van der Waals surface area contributed by atoms with E-state index in [0.29, 0.717) is 11.6 Å². The summed E-state index contributed by atoms with van der Waals surface area (Å²) in [5.41, 5.74) is 0.910. The molecule has 1 heterocycles. The van der Waals surface area contributed by atoms with Gasteiger partial charge in [0.25, 0.3) is 0 Å². The number of hydrogen-bond acceptors (Lipinski definition) is 4. The summed E-state index contributed by atoms with van der Waals surface area (Å²) in [6.07, 6.45) is 3.58. The highest BCUT2D eigenvalue weighted by Gasteiger charge is 2.16. The zero-order chi connectivity index (χ0) is 17.7. The van der Waals surface area contributed by atoms with E-state index in [1.165, 1.54) is 17.0 Å². The molecule has 0 saturated carbocycles. The summed E-state index contributed by atoms with van der Waals surface area (Å²) < 4.78 is 28.3. The molecule has 1 amide bonds. The largest absolute Gasteiger partial charge is 0.341 e. The first-order valence-corrected chi connectivity index (χ1v) is 9.11. The summed E-state index contributed by atoms with van der Waals surface area (Å²) in [4.78, 5) is 13.7. The predicted octanol–water partition coefficient (Wildman–Crippen LogP) is 1.40. The maximum atomic E-state index is 12.1. The number of rotatable bonds is 7. The lowest BCUT2D eigenvalue weighted by atomic mass is 10.3.